The number of carbonyl (C=O) groups is 2. The molecule has 8 heterocycles. The molecule has 7 aliphatic rings. The molecule has 346 valence electrons. The maximum Gasteiger partial charge on any atom is 0.249 e. The summed E-state index contributed by atoms with van der Waals surface area (Å²) in [6, 6.07) is 12.0. The van der Waals surface area contributed by atoms with E-state index in [1.165, 1.54) is 12.3 Å². The number of nitrogens with two attached hydrogens (primary N) is 1. The van der Waals surface area contributed by atoms with Crippen molar-refractivity contribution < 1.29 is 22.8 Å². The molecule has 2 bridgehead atoms. The van der Waals surface area contributed by atoms with E-state index in [0.29, 0.717) is 90.4 Å². The first-order valence-electron chi connectivity index (χ1n) is 23.5. The number of nitrogens with zero attached hydrogens (tertiary/aromatic N) is 10. The Balaban J connectivity index is 0.739. The largest absolute Gasteiger partial charge is 0.403 e. The fourth-order valence-electron chi connectivity index (χ4n) is 11.1. The fraction of sp³-hybridized carbons (Fsp3) is 0.521. The number of allylic oxidation sites excluding steroid dienone is 1. The highest BCUT2D eigenvalue weighted by molar-refractivity contribution is 6.01. The zero-order valence-electron chi connectivity index (χ0n) is 37.0. The van der Waals surface area contributed by atoms with Crippen molar-refractivity contribution in [1.29, 1.82) is 5.26 Å². The number of hydrogen-bond acceptors (Lipinski definition) is 13. The predicted molar refractivity (Wildman–Crippen MR) is 244 cm³/mol. The van der Waals surface area contributed by atoms with Crippen molar-refractivity contribution in [3.8, 4) is 28.6 Å². The van der Waals surface area contributed by atoms with Crippen molar-refractivity contribution in [2.45, 2.75) is 107 Å². The van der Waals surface area contributed by atoms with E-state index in [1.807, 2.05) is 29.2 Å². The highest BCUT2D eigenvalue weighted by Crippen LogP contribution is 2.41. The summed E-state index contributed by atoms with van der Waals surface area (Å²) < 4.78 is 44.9. The number of carbonyl (C=O) groups excluding carboxylic acids is 2. The van der Waals surface area contributed by atoms with Crippen LogP contribution in [0.3, 0.4) is 0 Å². The first kappa shape index (κ1) is 43.8. The van der Waals surface area contributed by atoms with E-state index >= 15 is 4.39 Å². The van der Waals surface area contributed by atoms with Crippen LogP contribution in [0.25, 0.3) is 28.1 Å². The Labute approximate surface area is 382 Å². The molecule has 3 aromatic heterocycles. The van der Waals surface area contributed by atoms with Crippen molar-refractivity contribution in [3.63, 3.8) is 0 Å². The van der Waals surface area contributed by atoms with E-state index in [2.05, 4.69) is 36.3 Å². The molecular formula is C48H56F3N13O2. The summed E-state index contributed by atoms with van der Waals surface area (Å²) in [4.78, 5) is 47.7. The Morgan fingerprint density at radius 3 is 2.33 bits per heavy atom. The Bertz CT molecular complexity index is 2490. The summed E-state index contributed by atoms with van der Waals surface area (Å²) in [7, 11) is 0. The van der Waals surface area contributed by atoms with Crippen molar-refractivity contribution in [1.82, 2.24) is 39.8 Å². The molecule has 66 heavy (non-hydrogen) atoms. The van der Waals surface area contributed by atoms with Gasteiger partial charge in [0, 0.05) is 119 Å². The second-order valence-electron chi connectivity index (χ2n) is 19.0. The Morgan fingerprint density at radius 2 is 1.65 bits per heavy atom. The summed E-state index contributed by atoms with van der Waals surface area (Å²) in [5, 5.41) is 20.1. The van der Waals surface area contributed by atoms with Gasteiger partial charge >= 0.3 is 0 Å². The predicted octanol–water partition coefficient (Wildman–Crippen LogP) is 5.98. The number of amides is 2. The van der Waals surface area contributed by atoms with Crippen LogP contribution in [0, 0.1) is 23.1 Å². The highest BCUT2D eigenvalue weighted by Gasteiger charge is 2.46. The maximum absolute atomic E-state index is 15.3. The molecule has 4 aromatic rings. The second-order valence-corrected chi connectivity index (χ2v) is 19.0. The standard InChI is InChI=1S/C48H56F3N13O2/c49-39-19-34(57-40-7-10-44(65)59-47(40)66)2-8-42(39)61-17-15-60(16-18-61)35-3-5-36(6-4-35)64-27-33(24-56-64)41-25-55-45(32(21-52)22-53)46(58-41)31-1-9-43(54-23-31)62-28-37-20-38(29-62)63(37)26-30-11-13-48(50,51)14-12-30/h1-2,8-9,19,21,23-25,27,30,35-38,40,57H,3-7,10-18,20,26,28-29,52H2,(H,59,65,66)/b32-21-. The minimum absolute atomic E-state index is 0.00449. The molecule has 5 saturated heterocycles. The number of piperidine rings is 2. The van der Waals surface area contributed by atoms with E-state index in [9.17, 15) is 23.6 Å². The Kier molecular flexibility index (Phi) is 12.2. The van der Waals surface area contributed by atoms with E-state index in [4.69, 9.17) is 25.8 Å². The molecule has 11 rings (SSSR count). The number of nitriles is 1. The van der Waals surface area contributed by atoms with Crippen LogP contribution in [0.2, 0.25) is 0 Å². The second kappa shape index (κ2) is 18.3. The lowest BCUT2D eigenvalue weighted by molar-refractivity contribution is -0.133. The number of fused-ring (bicyclic) bond motifs is 2. The van der Waals surface area contributed by atoms with Gasteiger partial charge in [0.25, 0.3) is 0 Å². The zero-order chi connectivity index (χ0) is 45.5. The van der Waals surface area contributed by atoms with Crippen LogP contribution in [0.5, 0.6) is 0 Å². The summed E-state index contributed by atoms with van der Waals surface area (Å²) >= 11 is 0. The molecule has 1 aromatic carbocycles. The normalized spacial score (nSPS) is 26.4. The van der Waals surface area contributed by atoms with Crippen LogP contribution in [0.15, 0.2) is 61.3 Å². The number of benzene rings is 1. The third kappa shape index (κ3) is 9.07. The topological polar surface area (TPSA) is 177 Å². The van der Waals surface area contributed by atoms with Crippen molar-refractivity contribution >= 4 is 34.6 Å². The van der Waals surface area contributed by atoms with Gasteiger partial charge in [0.2, 0.25) is 17.7 Å². The molecule has 4 N–H and O–H groups in total. The Morgan fingerprint density at radius 1 is 0.894 bits per heavy atom. The van der Waals surface area contributed by atoms with Gasteiger partial charge < -0.3 is 20.9 Å². The minimum Gasteiger partial charge on any atom is -0.403 e. The van der Waals surface area contributed by atoms with Crippen LogP contribution in [-0.2, 0) is 9.59 Å². The molecular weight excluding hydrogens is 848 g/mol. The SMILES string of the molecule is N#C/C(=C/N)c1ncc(-c2cnn(C3CCC(N4CCN(c5ccc(NC6CCC(=O)NC6=O)cc5F)CC4)CC3)c2)nc1-c1ccc(N2CC3CC(C2)N3CC2CCC(F)(F)CC2)nc1. The molecule has 3 unspecified atom stereocenters. The summed E-state index contributed by atoms with van der Waals surface area (Å²) in [5.74, 6) is -2.31. The number of piperazine rings is 2. The lowest BCUT2D eigenvalue weighted by atomic mass is 9.82. The monoisotopic (exact) mass is 903 g/mol. The van der Waals surface area contributed by atoms with Gasteiger partial charge in [-0.25, -0.2) is 23.1 Å². The van der Waals surface area contributed by atoms with Crippen LogP contribution in [0.1, 0.15) is 82.4 Å². The average Bonchev–Trinajstić information content (AvgIpc) is 3.84. The smallest absolute Gasteiger partial charge is 0.249 e. The van der Waals surface area contributed by atoms with Gasteiger partial charge in [0.15, 0.2) is 0 Å². The minimum atomic E-state index is -2.50. The third-order valence-corrected chi connectivity index (χ3v) is 14.9. The van der Waals surface area contributed by atoms with Crippen molar-refractivity contribution in [2.24, 2.45) is 11.7 Å². The Hall–Kier alpha value is -6.06. The molecule has 2 aliphatic carbocycles. The molecule has 15 nitrogen and oxygen atoms in total. The average molecular weight is 904 g/mol. The number of pyridine rings is 1. The molecule has 0 radical (unpaired) electrons. The van der Waals surface area contributed by atoms with Crippen LogP contribution in [-0.4, -0.2) is 122 Å². The lowest BCUT2D eigenvalue weighted by Gasteiger charge is -2.57. The number of rotatable bonds is 11. The molecule has 2 amide bonds. The number of hydrogen-bond donors (Lipinski definition) is 3. The number of anilines is 3. The number of imide groups is 1. The molecule has 7 fully saturated rings. The van der Waals surface area contributed by atoms with E-state index in [1.54, 1.807) is 24.5 Å². The van der Waals surface area contributed by atoms with E-state index in [0.717, 1.165) is 76.2 Å². The molecule has 5 aliphatic heterocycles. The molecule has 3 atom stereocenters. The van der Waals surface area contributed by atoms with Crippen LogP contribution < -0.4 is 26.2 Å². The third-order valence-electron chi connectivity index (χ3n) is 14.9. The van der Waals surface area contributed by atoms with Gasteiger partial charge in [-0.1, -0.05) is 0 Å². The van der Waals surface area contributed by atoms with Gasteiger partial charge in [-0.3, -0.25) is 34.4 Å². The number of alkyl halides is 2. The number of halogens is 3. The molecule has 18 heteroatoms. The summed E-state index contributed by atoms with van der Waals surface area (Å²) in [6.07, 6.45) is 15.5. The zero-order valence-corrected chi connectivity index (χ0v) is 37.0. The van der Waals surface area contributed by atoms with Crippen LogP contribution >= 0.6 is 0 Å². The summed E-state index contributed by atoms with van der Waals surface area (Å²) in [5.41, 5.74) is 10.2. The molecule has 2 saturated carbocycles. The van der Waals surface area contributed by atoms with Gasteiger partial charge in [0.05, 0.1) is 41.1 Å². The summed E-state index contributed by atoms with van der Waals surface area (Å²) in [6.45, 7) is 5.70. The lowest BCUT2D eigenvalue weighted by Crippen LogP contribution is -2.69. The first-order chi connectivity index (χ1) is 32.0. The van der Waals surface area contributed by atoms with E-state index < -0.39 is 12.0 Å². The van der Waals surface area contributed by atoms with Crippen molar-refractivity contribution in [3.05, 3.63) is 72.8 Å². The van der Waals surface area contributed by atoms with Gasteiger partial charge in [-0.15, -0.1) is 0 Å². The first-order valence-corrected chi connectivity index (χ1v) is 23.5. The fourth-order valence-corrected chi connectivity index (χ4v) is 11.1. The number of aromatic nitrogens is 5. The van der Waals surface area contributed by atoms with E-state index in [-0.39, 0.29) is 48.5 Å². The highest BCUT2D eigenvalue weighted by atomic mass is 19.3. The quantitative estimate of drug-likeness (QED) is 0.119. The van der Waals surface area contributed by atoms with Gasteiger partial charge in [-0.05, 0) is 87.6 Å². The molecule has 0 spiro atoms. The maximum atomic E-state index is 15.3. The van der Waals surface area contributed by atoms with Gasteiger partial charge in [-0.2, -0.15) is 10.4 Å². The van der Waals surface area contributed by atoms with Gasteiger partial charge in [0.1, 0.15) is 29.4 Å². The van der Waals surface area contributed by atoms with Crippen molar-refractivity contribution in [2.75, 3.05) is 60.9 Å². The van der Waals surface area contributed by atoms with Crippen LogP contribution in [0.4, 0.5) is 30.4 Å². The number of nitrogens with one attached hydrogen (secondary N) is 2.